The van der Waals surface area contributed by atoms with E-state index < -0.39 is 9.84 Å². The van der Waals surface area contributed by atoms with Crippen LogP contribution in [0.1, 0.15) is 29.9 Å². The fraction of sp³-hybridized carbons (Fsp3) is 0.211. The number of Topliss-reactive ketones (excluding diaryl/α,β-unsaturated/α-hetero) is 1. The summed E-state index contributed by atoms with van der Waals surface area (Å²) in [5, 5.41) is 0. The Kier molecular flexibility index (Phi) is 4.18. The van der Waals surface area contributed by atoms with Crippen molar-refractivity contribution < 1.29 is 13.2 Å². The third-order valence-electron chi connectivity index (χ3n) is 4.19. The number of allylic oxidation sites excluding steroid dienone is 1. The summed E-state index contributed by atoms with van der Waals surface area (Å²) in [4.78, 5) is 12.5. The van der Waals surface area contributed by atoms with Crippen molar-refractivity contribution in [3.05, 3.63) is 71.3 Å². The van der Waals surface area contributed by atoms with Crippen LogP contribution in [0.3, 0.4) is 0 Å². The monoisotopic (exact) mass is 326 g/mol. The summed E-state index contributed by atoms with van der Waals surface area (Å²) in [6, 6.07) is 16.7. The first-order valence-corrected chi connectivity index (χ1v) is 9.44. The second kappa shape index (κ2) is 6.13. The zero-order chi connectivity index (χ0) is 16.4. The fourth-order valence-corrected chi connectivity index (χ4v) is 3.60. The van der Waals surface area contributed by atoms with Crippen LogP contribution in [-0.2, 0) is 14.6 Å². The number of sulfone groups is 1. The van der Waals surface area contributed by atoms with E-state index in [1.807, 2.05) is 48.5 Å². The highest BCUT2D eigenvalue weighted by Gasteiger charge is 2.29. The zero-order valence-electron chi connectivity index (χ0n) is 12.9. The van der Waals surface area contributed by atoms with E-state index in [9.17, 15) is 13.2 Å². The molecule has 0 radical (unpaired) electrons. The Balaban J connectivity index is 1.95. The Hall–Kier alpha value is -2.20. The Morgan fingerprint density at radius 1 is 1.00 bits per heavy atom. The summed E-state index contributed by atoms with van der Waals surface area (Å²) < 4.78 is 23.1. The molecule has 1 atom stereocenters. The van der Waals surface area contributed by atoms with E-state index in [0.29, 0.717) is 11.3 Å². The molecule has 0 spiro atoms. The van der Waals surface area contributed by atoms with Gasteiger partial charge in [-0.05, 0) is 35.8 Å². The molecule has 0 saturated heterocycles. The minimum atomic E-state index is -3.20. The summed E-state index contributed by atoms with van der Waals surface area (Å²) in [5.41, 5.74) is 2.81. The molecule has 1 aliphatic rings. The SMILES string of the molecule is CS(=O)(=O)c1ccc(C2CCC(=O)C2=Cc2ccccc2)cc1. The molecule has 1 fully saturated rings. The molecular formula is C19H18O3S. The van der Waals surface area contributed by atoms with Crippen molar-refractivity contribution in [2.24, 2.45) is 0 Å². The Bertz CT molecular complexity index is 847. The molecule has 1 saturated carbocycles. The van der Waals surface area contributed by atoms with Crippen LogP contribution in [0.2, 0.25) is 0 Å². The normalized spacial score (nSPS) is 20.1. The van der Waals surface area contributed by atoms with Crippen LogP contribution in [0.4, 0.5) is 0 Å². The molecule has 0 N–H and O–H groups in total. The molecule has 1 unspecified atom stereocenters. The van der Waals surface area contributed by atoms with Crippen LogP contribution in [0.15, 0.2) is 65.1 Å². The summed E-state index contributed by atoms with van der Waals surface area (Å²) in [6.07, 6.45) is 4.46. The number of carbonyl (C=O) groups is 1. The molecule has 0 aromatic heterocycles. The van der Waals surface area contributed by atoms with E-state index in [1.165, 1.54) is 6.26 Å². The van der Waals surface area contributed by atoms with Gasteiger partial charge in [-0.1, -0.05) is 42.5 Å². The number of carbonyl (C=O) groups excluding carboxylic acids is 1. The van der Waals surface area contributed by atoms with E-state index in [1.54, 1.807) is 12.1 Å². The lowest BCUT2D eigenvalue weighted by Crippen LogP contribution is -2.02. The van der Waals surface area contributed by atoms with Crippen LogP contribution in [0.5, 0.6) is 0 Å². The van der Waals surface area contributed by atoms with Crippen molar-refractivity contribution in [1.82, 2.24) is 0 Å². The minimum Gasteiger partial charge on any atom is -0.295 e. The lowest BCUT2D eigenvalue weighted by molar-refractivity contribution is -0.114. The predicted octanol–water partition coefficient (Wildman–Crippen LogP) is 3.62. The average Bonchev–Trinajstić information content (AvgIpc) is 2.89. The number of ketones is 1. The molecule has 0 aliphatic heterocycles. The van der Waals surface area contributed by atoms with Gasteiger partial charge in [0.1, 0.15) is 0 Å². The molecule has 2 aromatic carbocycles. The van der Waals surface area contributed by atoms with Gasteiger partial charge in [0, 0.05) is 24.2 Å². The maximum atomic E-state index is 12.2. The third-order valence-corrected chi connectivity index (χ3v) is 5.32. The van der Waals surface area contributed by atoms with E-state index in [0.717, 1.165) is 23.1 Å². The average molecular weight is 326 g/mol. The fourth-order valence-electron chi connectivity index (χ4n) is 2.97. The largest absolute Gasteiger partial charge is 0.295 e. The van der Waals surface area contributed by atoms with E-state index in [4.69, 9.17) is 0 Å². The molecular weight excluding hydrogens is 308 g/mol. The van der Waals surface area contributed by atoms with E-state index >= 15 is 0 Å². The van der Waals surface area contributed by atoms with E-state index in [2.05, 4.69) is 0 Å². The predicted molar refractivity (Wildman–Crippen MR) is 91.0 cm³/mol. The number of rotatable bonds is 3. The van der Waals surface area contributed by atoms with Gasteiger partial charge in [0.05, 0.1) is 4.90 Å². The molecule has 2 aromatic rings. The topological polar surface area (TPSA) is 51.2 Å². The van der Waals surface area contributed by atoms with Crippen LogP contribution in [-0.4, -0.2) is 20.5 Å². The lowest BCUT2D eigenvalue weighted by Gasteiger charge is -2.12. The molecule has 0 bridgehead atoms. The summed E-state index contributed by atoms with van der Waals surface area (Å²) in [5.74, 6) is 0.211. The standard InChI is InChI=1S/C19H18O3S/c1-23(21,22)16-9-7-15(8-10-16)17-11-12-19(20)18(17)13-14-5-3-2-4-6-14/h2-10,13,17H,11-12H2,1H3. The smallest absolute Gasteiger partial charge is 0.175 e. The van der Waals surface area contributed by atoms with E-state index in [-0.39, 0.29) is 11.7 Å². The van der Waals surface area contributed by atoms with Crippen LogP contribution >= 0.6 is 0 Å². The van der Waals surface area contributed by atoms with Gasteiger partial charge in [0.25, 0.3) is 0 Å². The summed E-state index contributed by atoms with van der Waals surface area (Å²) in [7, 11) is -3.20. The highest BCUT2D eigenvalue weighted by atomic mass is 32.2. The number of hydrogen-bond acceptors (Lipinski definition) is 3. The van der Waals surface area contributed by atoms with Crippen molar-refractivity contribution in [2.75, 3.05) is 6.26 Å². The quantitative estimate of drug-likeness (QED) is 0.810. The first-order chi connectivity index (χ1) is 10.9. The highest BCUT2D eigenvalue weighted by Crippen LogP contribution is 2.38. The van der Waals surface area contributed by atoms with Gasteiger partial charge in [-0.2, -0.15) is 0 Å². The third kappa shape index (κ3) is 3.42. The van der Waals surface area contributed by atoms with Gasteiger partial charge in [0.15, 0.2) is 15.6 Å². The van der Waals surface area contributed by atoms with Crippen LogP contribution in [0.25, 0.3) is 6.08 Å². The van der Waals surface area contributed by atoms with Crippen molar-refractivity contribution >= 4 is 21.7 Å². The van der Waals surface area contributed by atoms with Gasteiger partial charge in [-0.15, -0.1) is 0 Å². The van der Waals surface area contributed by atoms with Gasteiger partial charge in [0.2, 0.25) is 0 Å². The molecule has 23 heavy (non-hydrogen) atoms. The van der Waals surface area contributed by atoms with Gasteiger partial charge >= 0.3 is 0 Å². The molecule has 4 heteroatoms. The number of hydrogen-bond donors (Lipinski definition) is 0. The maximum absolute atomic E-state index is 12.2. The maximum Gasteiger partial charge on any atom is 0.175 e. The first kappa shape index (κ1) is 15.7. The summed E-state index contributed by atoms with van der Waals surface area (Å²) >= 11 is 0. The molecule has 1 aliphatic carbocycles. The van der Waals surface area contributed by atoms with Gasteiger partial charge in [-0.25, -0.2) is 8.42 Å². The molecule has 3 rings (SSSR count). The first-order valence-electron chi connectivity index (χ1n) is 7.55. The van der Waals surface area contributed by atoms with Crippen LogP contribution in [0, 0.1) is 0 Å². The second-order valence-electron chi connectivity index (χ2n) is 5.87. The second-order valence-corrected chi connectivity index (χ2v) is 7.88. The molecule has 0 heterocycles. The summed E-state index contributed by atoms with van der Waals surface area (Å²) in [6.45, 7) is 0. The highest BCUT2D eigenvalue weighted by molar-refractivity contribution is 7.90. The Labute approximate surface area is 136 Å². The Morgan fingerprint density at radius 3 is 2.26 bits per heavy atom. The van der Waals surface area contributed by atoms with Crippen LogP contribution < -0.4 is 0 Å². The Morgan fingerprint density at radius 2 is 1.65 bits per heavy atom. The van der Waals surface area contributed by atoms with Crippen molar-refractivity contribution in [2.45, 2.75) is 23.7 Å². The molecule has 0 amide bonds. The van der Waals surface area contributed by atoms with Gasteiger partial charge < -0.3 is 0 Å². The number of benzene rings is 2. The van der Waals surface area contributed by atoms with Crippen molar-refractivity contribution in [3.8, 4) is 0 Å². The van der Waals surface area contributed by atoms with Gasteiger partial charge in [-0.3, -0.25) is 4.79 Å². The zero-order valence-corrected chi connectivity index (χ0v) is 13.7. The minimum absolute atomic E-state index is 0.0383. The van der Waals surface area contributed by atoms with Crippen molar-refractivity contribution in [1.29, 1.82) is 0 Å². The lowest BCUT2D eigenvalue weighted by atomic mass is 9.92. The molecule has 3 nitrogen and oxygen atoms in total. The van der Waals surface area contributed by atoms with Crippen molar-refractivity contribution in [3.63, 3.8) is 0 Å². The molecule has 118 valence electrons.